The SMILES string of the molecule is CCCCCCCCC(O)CCCCC(CCCCCC)S(=O)(=O)O. The standard InChI is InChI=1S/C20H42O4S/c1-3-5-7-9-10-11-15-19(21)16-13-14-18-20(25(22,23)24)17-12-8-6-4-2/h19-21H,3-18H2,1-2H3,(H,22,23,24). The first-order chi connectivity index (χ1) is 11.9. The van der Waals surface area contributed by atoms with Crippen LogP contribution in [-0.4, -0.2) is 29.4 Å². The van der Waals surface area contributed by atoms with Crippen LogP contribution in [0.15, 0.2) is 0 Å². The number of aliphatic hydroxyl groups is 1. The Morgan fingerprint density at radius 3 is 1.52 bits per heavy atom. The lowest BCUT2D eigenvalue weighted by Gasteiger charge is -2.15. The highest BCUT2D eigenvalue weighted by molar-refractivity contribution is 7.86. The lowest BCUT2D eigenvalue weighted by atomic mass is 10.0. The van der Waals surface area contributed by atoms with Crippen LogP contribution in [0.4, 0.5) is 0 Å². The van der Waals surface area contributed by atoms with Crippen molar-refractivity contribution in [2.75, 3.05) is 0 Å². The molecular formula is C20H42O4S. The molecule has 0 amide bonds. The molecule has 0 aliphatic carbocycles. The first-order valence-corrected chi connectivity index (χ1v) is 12.1. The Kier molecular flexibility index (Phi) is 16.0. The summed E-state index contributed by atoms with van der Waals surface area (Å²) < 4.78 is 32.3. The fourth-order valence-corrected chi connectivity index (χ4v) is 4.23. The molecule has 5 heteroatoms. The smallest absolute Gasteiger partial charge is 0.267 e. The molecular weight excluding hydrogens is 336 g/mol. The molecule has 0 spiro atoms. The Balaban J connectivity index is 3.78. The minimum atomic E-state index is -3.94. The average Bonchev–Trinajstić information content (AvgIpc) is 2.55. The van der Waals surface area contributed by atoms with E-state index < -0.39 is 15.4 Å². The Hall–Kier alpha value is -0.130. The van der Waals surface area contributed by atoms with Crippen LogP contribution in [0, 0.1) is 0 Å². The van der Waals surface area contributed by atoms with E-state index >= 15 is 0 Å². The van der Waals surface area contributed by atoms with Gasteiger partial charge in [-0.1, -0.05) is 90.9 Å². The fourth-order valence-electron chi connectivity index (χ4n) is 3.30. The van der Waals surface area contributed by atoms with Crippen LogP contribution >= 0.6 is 0 Å². The molecule has 0 radical (unpaired) electrons. The van der Waals surface area contributed by atoms with Gasteiger partial charge >= 0.3 is 0 Å². The monoisotopic (exact) mass is 378 g/mol. The maximum absolute atomic E-state index is 11.5. The number of unbranched alkanes of at least 4 members (excludes halogenated alkanes) is 9. The van der Waals surface area contributed by atoms with E-state index in [0.29, 0.717) is 12.8 Å². The van der Waals surface area contributed by atoms with Gasteiger partial charge in [0.15, 0.2) is 0 Å². The van der Waals surface area contributed by atoms with Gasteiger partial charge in [0.2, 0.25) is 0 Å². The second kappa shape index (κ2) is 16.1. The van der Waals surface area contributed by atoms with Gasteiger partial charge in [-0.25, -0.2) is 0 Å². The van der Waals surface area contributed by atoms with Crippen LogP contribution < -0.4 is 0 Å². The molecule has 0 aromatic rings. The predicted octanol–water partition coefficient (Wildman–Crippen LogP) is 5.89. The average molecular weight is 379 g/mol. The fraction of sp³-hybridized carbons (Fsp3) is 1.00. The Labute approximate surface area is 156 Å². The van der Waals surface area contributed by atoms with E-state index in [0.717, 1.165) is 57.8 Å². The van der Waals surface area contributed by atoms with Gasteiger partial charge in [0.05, 0.1) is 11.4 Å². The van der Waals surface area contributed by atoms with Crippen LogP contribution in [0.2, 0.25) is 0 Å². The van der Waals surface area contributed by atoms with Gasteiger partial charge in [0.25, 0.3) is 10.1 Å². The van der Waals surface area contributed by atoms with Crippen LogP contribution in [0.1, 0.15) is 117 Å². The molecule has 152 valence electrons. The molecule has 25 heavy (non-hydrogen) atoms. The highest BCUT2D eigenvalue weighted by atomic mass is 32.2. The molecule has 0 saturated heterocycles. The summed E-state index contributed by atoms with van der Waals surface area (Å²) in [6.45, 7) is 4.33. The molecule has 0 aliphatic heterocycles. The van der Waals surface area contributed by atoms with Crippen molar-refractivity contribution in [1.29, 1.82) is 0 Å². The molecule has 0 aliphatic rings. The molecule has 0 saturated carbocycles. The van der Waals surface area contributed by atoms with Crippen molar-refractivity contribution in [3.8, 4) is 0 Å². The molecule has 2 atom stereocenters. The Morgan fingerprint density at radius 1 is 0.640 bits per heavy atom. The van der Waals surface area contributed by atoms with Gasteiger partial charge in [0.1, 0.15) is 0 Å². The zero-order valence-electron chi connectivity index (χ0n) is 16.6. The first kappa shape index (κ1) is 24.9. The summed E-state index contributed by atoms with van der Waals surface area (Å²) in [5.74, 6) is 0. The van der Waals surface area contributed by atoms with Crippen LogP contribution in [0.5, 0.6) is 0 Å². The van der Waals surface area contributed by atoms with E-state index in [2.05, 4.69) is 13.8 Å². The van der Waals surface area contributed by atoms with Gasteiger partial charge < -0.3 is 5.11 Å². The molecule has 2 N–H and O–H groups in total. The summed E-state index contributed by atoms with van der Waals surface area (Å²) in [6.07, 6.45) is 15.5. The third kappa shape index (κ3) is 15.8. The maximum atomic E-state index is 11.5. The zero-order valence-corrected chi connectivity index (χ0v) is 17.4. The Bertz CT molecular complexity index is 381. The quantitative estimate of drug-likeness (QED) is 0.230. The highest BCUT2D eigenvalue weighted by Crippen LogP contribution is 2.19. The molecule has 0 heterocycles. The summed E-state index contributed by atoms with van der Waals surface area (Å²) in [4.78, 5) is 0. The molecule has 0 aromatic carbocycles. The second-order valence-corrected chi connectivity index (χ2v) is 9.18. The van der Waals surface area contributed by atoms with Gasteiger partial charge in [-0.2, -0.15) is 8.42 Å². The molecule has 0 rings (SSSR count). The van der Waals surface area contributed by atoms with Crippen molar-refractivity contribution in [3.05, 3.63) is 0 Å². The second-order valence-electron chi connectivity index (χ2n) is 7.48. The number of hydrogen-bond acceptors (Lipinski definition) is 3. The van der Waals surface area contributed by atoms with Crippen molar-refractivity contribution in [2.45, 2.75) is 128 Å². The molecule has 0 aromatic heterocycles. The normalized spacial score (nSPS) is 14.6. The zero-order chi connectivity index (χ0) is 19.0. The molecule has 4 nitrogen and oxygen atoms in total. The minimum absolute atomic E-state index is 0.264. The highest BCUT2D eigenvalue weighted by Gasteiger charge is 2.21. The van der Waals surface area contributed by atoms with E-state index in [-0.39, 0.29) is 6.10 Å². The number of aliphatic hydroxyl groups excluding tert-OH is 1. The number of rotatable bonds is 18. The topological polar surface area (TPSA) is 74.6 Å². The van der Waals surface area contributed by atoms with Crippen molar-refractivity contribution in [1.82, 2.24) is 0 Å². The van der Waals surface area contributed by atoms with Gasteiger partial charge in [-0.05, 0) is 25.7 Å². The third-order valence-electron chi connectivity index (χ3n) is 5.01. The Morgan fingerprint density at radius 2 is 1.00 bits per heavy atom. The van der Waals surface area contributed by atoms with Crippen molar-refractivity contribution in [2.24, 2.45) is 0 Å². The summed E-state index contributed by atoms with van der Waals surface area (Å²) in [5.41, 5.74) is 0. The van der Waals surface area contributed by atoms with Gasteiger partial charge in [0, 0.05) is 0 Å². The molecule has 0 fully saturated rings. The van der Waals surface area contributed by atoms with E-state index in [1.54, 1.807) is 0 Å². The largest absolute Gasteiger partial charge is 0.393 e. The lowest BCUT2D eigenvalue weighted by Crippen LogP contribution is -2.20. The summed E-state index contributed by atoms with van der Waals surface area (Å²) >= 11 is 0. The lowest BCUT2D eigenvalue weighted by molar-refractivity contribution is 0.147. The molecule has 2 unspecified atom stereocenters. The van der Waals surface area contributed by atoms with Gasteiger partial charge in [-0.15, -0.1) is 0 Å². The van der Waals surface area contributed by atoms with Crippen LogP contribution in [0.25, 0.3) is 0 Å². The van der Waals surface area contributed by atoms with E-state index in [1.165, 1.54) is 32.1 Å². The third-order valence-corrected chi connectivity index (χ3v) is 6.32. The van der Waals surface area contributed by atoms with Gasteiger partial charge in [-0.3, -0.25) is 4.55 Å². The van der Waals surface area contributed by atoms with Crippen molar-refractivity contribution in [3.63, 3.8) is 0 Å². The summed E-state index contributed by atoms with van der Waals surface area (Å²) in [5, 5.41) is 9.38. The van der Waals surface area contributed by atoms with Crippen LogP contribution in [0.3, 0.4) is 0 Å². The predicted molar refractivity (Wildman–Crippen MR) is 107 cm³/mol. The van der Waals surface area contributed by atoms with E-state index in [1.807, 2.05) is 0 Å². The minimum Gasteiger partial charge on any atom is -0.393 e. The summed E-state index contributed by atoms with van der Waals surface area (Å²) in [6, 6.07) is 0. The van der Waals surface area contributed by atoms with E-state index in [4.69, 9.17) is 0 Å². The summed E-state index contributed by atoms with van der Waals surface area (Å²) in [7, 11) is -3.94. The first-order valence-electron chi connectivity index (χ1n) is 10.6. The van der Waals surface area contributed by atoms with E-state index in [9.17, 15) is 18.1 Å². The van der Waals surface area contributed by atoms with Crippen molar-refractivity contribution < 1.29 is 18.1 Å². The number of hydrogen-bond donors (Lipinski definition) is 2. The van der Waals surface area contributed by atoms with Crippen molar-refractivity contribution >= 4 is 10.1 Å². The van der Waals surface area contributed by atoms with Crippen LogP contribution in [-0.2, 0) is 10.1 Å². The molecule has 0 bridgehead atoms. The maximum Gasteiger partial charge on any atom is 0.267 e.